The molecule has 1 aromatic rings. The molecule has 1 aliphatic heterocycles. The molecule has 3 heteroatoms. The third-order valence-corrected chi connectivity index (χ3v) is 5.56. The van der Waals surface area contributed by atoms with Crippen molar-refractivity contribution in [1.82, 2.24) is 4.90 Å². The lowest BCUT2D eigenvalue weighted by molar-refractivity contribution is -0.142. The third kappa shape index (κ3) is 2.98. The largest absolute Gasteiger partial charge is 0.481 e. The predicted molar refractivity (Wildman–Crippen MR) is 83.3 cm³/mol. The van der Waals surface area contributed by atoms with E-state index in [0.29, 0.717) is 12.0 Å². The van der Waals surface area contributed by atoms with Crippen molar-refractivity contribution in [2.24, 2.45) is 5.92 Å². The first-order chi connectivity index (χ1) is 10.2. The molecule has 2 fully saturated rings. The molecule has 1 N–H and O–H groups in total. The zero-order valence-corrected chi connectivity index (χ0v) is 12.7. The van der Waals surface area contributed by atoms with Gasteiger partial charge in [-0.1, -0.05) is 30.3 Å². The van der Waals surface area contributed by atoms with Gasteiger partial charge in [-0.2, -0.15) is 0 Å². The molecular weight excluding hydrogens is 262 g/mol. The number of nitrogens with zero attached hydrogens (tertiary/aromatic N) is 1. The molecule has 3 rings (SSSR count). The molecule has 3 nitrogen and oxygen atoms in total. The highest BCUT2D eigenvalue weighted by Crippen LogP contribution is 2.38. The van der Waals surface area contributed by atoms with Crippen LogP contribution in [-0.4, -0.2) is 34.6 Å². The van der Waals surface area contributed by atoms with E-state index in [0.717, 1.165) is 13.0 Å². The molecule has 1 heterocycles. The Labute approximate surface area is 127 Å². The van der Waals surface area contributed by atoms with Crippen molar-refractivity contribution in [3.63, 3.8) is 0 Å². The highest BCUT2D eigenvalue weighted by molar-refractivity contribution is 5.71. The van der Waals surface area contributed by atoms with E-state index in [1.165, 1.54) is 31.2 Å². The van der Waals surface area contributed by atoms with Gasteiger partial charge in [0.25, 0.3) is 0 Å². The van der Waals surface area contributed by atoms with E-state index in [9.17, 15) is 9.90 Å². The Morgan fingerprint density at radius 2 is 1.76 bits per heavy atom. The standard InChI is InChI=1S/C18H25NO2/c1-13-17(18(20)21)11-12-19(13)16-9-7-15(8-10-16)14-5-3-2-4-6-14/h2-6,13,15-17H,7-12H2,1H3,(H,20,21). The van der Waals surface area contributed by atoms with Crippen LogP contribution < -0.4 is 0 Å². The zero-order valence-electron chi connectivity index (χ0n) is 12.7. The van der Waals surface area contributed by atoms with Gasteiger partial charge in [-0.25, -0.2) is 0 Å². The predicted octanol–water partition coefficient (Wildman–Crippen LogP) is 3.51. The summed E-state index contributed by atoms with van der Waals surface area (Å²) in [5.74, 6) is -0.101. The number of carboxylic acid groups (broad SMARTS) is 1. The lowest BCUT2D eigenvalue weighted by atomic mass is 9.81. The second-order valence-electron chi connectivity index (χ2n) is 6.63. The van der Waals surface area contributed by atoms with Crippen molar-refractivity contribution in [3.05, 3.63) is 35.9 Å². The van der Waals surface area contributed by atoms with E-state index in [4.69, 9.17) is 0 Å². The molecule has 0 spiro atoms. The van der Waals surface area contributed by atoms with Crippen molar-refractivity contribution >= 4 is 5.97 Å². The molecule has 0 amide bonds. The second-order valence-corrected chi connectivity index (χ2v) is 6.63. The van der Waals surface area contributed by atoms with Gasteiger partial charge >= 0.3 is 5.97 Å². The van der Waals surface area contributed by atoms with Crippen molar-refractivity contribution in [3.8, 4) is 0 Å². The molecule has 2 atom stereocenters. The van der Waals surface area contributed by atoms with Gasteiger partial charge < -0.3 is 5.11 Å². The summed E-state index contributed by atoms with van der Waals surface area (Å²) in [6.45, 7) is 3.05. The Balaban J connectivity index is 1.58. The summed E-state index contributed by atoms with van der Waals surface area (Å²) in [6.07, 6.45) is 5.69. The van der Waals surface area contributed by atoms with Crippen molar-refractivity contribution in [1.29, 1.82) is 0 Å². The minimum Gasteiger partial charge on any atom is -0.481 e. The highest BCUT2D eigenvalue weighted by Gasteiger charge is 2.39. The molecule has 1 aromatic carbocycles. The van der Waals surface area contributed by atoms with Crippen LogP contribution in [0.3, 0.4) is 0 Å². The lowest BCUT2D eigenvalue weighted by Crippen LogP contribution is -2.42. The lowest BCUT2D eigenvalue weighted by Gasteiger charge is -2.37. The van der Waals surface area contributed by atoms with Crippen LogP contribution in [-0.2, 0) is 4.79 Å². The quantitative estimate of drug-likeness (QED) is 0.925. The van der Waals surface area contributed by atoms with Gasteiger partial charge in [0.1, 0.15) is 0 Å². The van der Waals surface area contributed by atoms with E-state index in [1.807, 2.05) is 0 Å². The minimum absolute atomic E-state index is 0.170. The van der Waals surface area contributed by atoms with Gasteiger partial charge in [-0.15, -0.1) is 0 Å². The summed E-state index contributed by atoms with van der Waals surface area (Å²) in [5.41, 5.74) is 1.47. The monoisotopic (exact) mass is 287 g/mol. The van der Waals surface area contributed by atoms with Gasteiger partial charge in [-0.05, 0) is 57.1 Å². The number of hydrogen-bond acceptors (Lipinski definition) is 2. The van der Waals surface area contributed by atoms with Gasteiger partial charge in [-0.3, -0.25) is 9.69 Å². The van der Waals surface area contributed by atoms with E-state index < -0.39 is 5.97 Å². The smallest absolute Gasteiger partial charge is 0.308 e. The number of hydrogen-bond donors (Lipinski definition) is 1. The van der Waals surface area contributed by atoms with Crippen molar-refractivity contribution in [2.45, 2.75) is 57.0 Å². The first-order valence-electron chi connectivity index (χ1n) is 8.20. The Kier molecular flexibility index (Phi) is 4.29. The fourth-order valence-corrected chi connectivity index (χ4v) is 4.28. The fourth-order valence-electron chi connectivity index (χ4n) is 4.28. The molecule has 2 unspecified atom stereocenters. The van der Waals surface area contributed by atoms with E-state index in [-0.39, 0.29) is 12.0 Å². The number of carbonyl (C=O) groups is 1. The van der Waals surface area contributed by atoms with Crippen LogP contribution in [0.2, 0.25) is 0 Å². The fraction of sp³-hybridized carbons (Fsp3) is 0.611. The number of aliphatic carboxylic acids is 1. The summed E-state index contributed by atoms with van der Waals surface area (Å²) in [6, 6.07) is 11.6. The maximum atomic E-state index is 11.3. The molecule has 21 heavy (non-hydrogen) atoms. The van der Waals surface area contributed by atoms with Crippen LogP contribution in [0, 0.1) is 5.92 Å². The van der Waals surface area contributed by atoms with Crippen LogP contribution in [0.4, 0.5) is 0 Å². The normalized spacial score (nSPS) is 34.0. The Bertz CT molecular complexity index is 479. The first kappa shape index (κ1) is 14.6. The number of benzene rings is 1. The maximum absolute atomic E-state index is 11.3. The van der Waals surface area contributed by atoms with Crippen LogP contribution in [0.5, 0.6) is 0 Å². The summed E-state index contributed by atoms with van der Waals surface area (Å²) in [7, 11) is 0. The van der Waals surface area contributed by atoms with Crippen molar-refractivity contribution in [2.75, 3.05) is 6.54 Å². The average Bonchev–Trinajstić information content (AvgIpc) is 2.90. The van der Waals surface area contributed by atoms with Crippen molar-refractivity contribution < 1.29 is 9.90 Å². The summed E-state index contributed by atoms with van der Waals surface area (Å²) < 4.78 is 0. The summed E-state index contributed by atoms with van der Waals surface area (Å²) in [5, 5.41) is 9.26. The van der Waals surface area contributed by atoms with Gasteiger partial charge in [0.2, 0.25) is 0 Å². The molecule has 2 aliphatic rings. The van der Waals surface area contributed by atoms with E-state index >= 15 is 0 Å². The molecular formula is C18H25NO2. The SMILES string of the molecule is CC1C(C(=O)O)CCN1C1CCC(c2ccccc2)CC1. The third-order valence-electron chi connectivity index (χ3n) is 5.56. The highest BCUT2D eigenvalue weighted by atomic mass is 16.4. The molecule has 1 saturated carbocycles. The summed E-state index contributed by atoms with van der Waals surface area (Å²) in [4.78, 5) is 13.7. The second kappa shape index (κ2) is 6.18. The van der Waals surface area contributed by atoms with Gasteiger partial charge in [0, 0.05) is 12.1 Å². The topological polar surface area (TPSA) is 40.5 Å². The van der Waals surface area contributed by atoms with Crippen LogP contribution in [0.15, 0.2) is 30.3 Å². The van der Waals surface area contributed by atoms with Gasteiger partial charge in [0.15, 0.2) is 0 Å². The molecule has 1 saturated heterocycles. The first-order valence-corrected chi connectivity index (χ1v) is 8.20. The number of carboxylic acids is 1. The average molecular weight is 287 g/mol. The van der Waals surface area contributed by atoms with Crippen LogP contribution >= 0.6 is 0 Å². The van der Waals surface area contributed by atoms with Gasteiger partial charge in [0.05, 0.1) is 5.92 Å². The molecule has 114 valence electrons. The maximum Gasteiger partial charge on any atom is 0.308 e. The van der Waals surface area contributed by atoms with Crippen LogP contribution in [0.25, 0.3) is 0 Å². The molecule has 1 aliphatic carbocycles. The molecule has 0 bridgehead atoms. The Morgan fingerprint density at radius 3 is 2.33 bits per heavy atom. The Morgan fingerprint density at radius 1 is 1.10 bits per heavy atom. The van der Waals surface area contributed by atoms with E-state index in [1.54, 1.807) is 0 Å². The van der Waals surface area contributed by atoms with E-state index in [2.05, 4.69) is 42.2 Å². The number of rotatable bonds is 3. The zero-order chi connectivity index (χ0) is 14.8. The Hall–Kier alpha value is -1.35. The molecule has 0 radical (unpaired) electrons. The van der Waals surface area contributed by atoms with Crippen LogP contribution in [0.1, 0.15) is 50.5 Å². The molecule has 0 aromatic heterocycles. The summed E-state index contributed by atoms with van der Waals surface area (Å²) >= 11 is 0. The number of likely N-dealkylation sites (tertiary alicyclic amines) is 1. The minimum atomic E-state index is -0.622.